The zero-order valence-electron chi connectivity index (χ0n) is 17.2. The van der Waals surface area contributed by atoms with E-state index in [0.717, 1.165) is 20.1 Å². The van der Waals surface area contributed by atoms with Crippen LogP contribution in [0.3, 0.4) is 0 Å². The van der Waals surface area contributed by atoms with Crippen LogP contribution >= 0.6 is 54.5 Å². The van der Waals surface area contributed by atoms with E-state index in [0.29, 0.717) is 26.9 Å². The molecular weight excluding hydrogens is 686 g/mol. The average molecular weight is 700 g/mol. The van der Waals surface area contributed by atoms with Gasteiger partial charge in [0.05, 0.1) is 14.6 Å². The first kappa shape index (κ1) is 24.6. The number of imide groups is 2. The van der Waals surface area contributed by atoms with Crippen LogP contribution in [0.5, 0.6) is 5.75 Å². The number of ether oxygens (including phenoxy) is 1. The maximum absolute atomic E-state index is 13.6. The van der Waals surface area contributed by atoms with Gasteiger partial charge in [0.2, 0.25) is 0 Å². The minimum absolute atomic E-state index is 0.0163. The number of urea groups is 1. The van der Waals surface area contributed by atoms with Gasteiger partial charge in [0.25, 0.3) is 11.8 Å². The number of nitrogens with one attached hydrogen (secondary N) is 1. The molecule has 0 spiro atoms. The fraction of sp³-hybridized carbons (Fsp3) is 0.0417. The topological polar surface area (TPSA) is 75.7 Å². The van der Waals surface area contributed by atoms with Crippen molar-refractivity contribution < 1.29 is 23.5 Å². The van der Waals surface area contributed by atoms with Crippen LogP contribution in [0.2, 0.25) is 0 Å². The molecule has 4 rings (SSSR count). The summed E-state index contributed by atoms with van der Waals surface area (Å²) in [7, 11) is 0. The Kier molecular flexibility index (Phi) is 7.48. The third-order valence-electron chi connectivity index (χ3n) is 4.80. The minimum atomic E-state index is -0.945. The van der Waals surface area contributed by atoms with Crippen LogP contribution < -0.4 is 15.0 Å². The molecule has 1 N–H and O–H groups in total. The van der Waals surface area contributed by atoms with Crippen LogP contribution in [0.15, 0.2) is 75.2 Å². The molecule has 10 heteroatoms. The number of amides is 4. The fourth-order valence-electron chi connectivity index (χ4n) is 3.21. The second kappa shape index (κ2) is 10.4. The number of halogens is 4. The highest BCUT2D eigenvalue weighted by Crippen LogP contribution is 2.36. The molecule has 6 nitrogen and oxygen atoms in total. The Bertz CT molecular complexity index is 1320. The van der Waals surface area contributed by atoms with Gasteiger partial charge in [0.1, 0.15) is 23.7 Å². The highest BCUT2D eigenvalue weighted by Gasteiger charge is 2.37. The standard InChI is InChI=1S/C24H14Br2FIN2O4/c25-19-9-14(10-20(26)21(19)34-12-13-4-6-16(28)7-5-13)8-18-22(31)29-24(33)30(23(18)32)17-3-1-2-15(27)11-17/h1-11H,12H2,(H,29,31,33)/b18-8+. The van der Waals surface area contributed by atoms with Gasteiger partial charge < -0.3 is 4.74 Å². The summed E-state index contributed by atoms with van der Waals surface area (Å²) in [5, 5.41) is 2.12. The van der Waals surface area contributed by atoms with Gasteiger partial charge in [-0.2, -0.15) is 0 Å². The molecule has 34 heavy (non-hydrogen) atoms. The largest absolute Gasteiger partial charge is 0.487 e. The normalized spacial score (nSPS) is 15.0. The van der Waals surface area contributed by atoms with Crippen molar-refractivity contribution in [2.75, 3.05) is 4.90 Å². The summed E-state index contributed by atoms with van der Waals surface area (Å²) >= 11 is 9.17. The van der Waals surface area contributed by atoms with Crippen molar-refractivity contribution in [2.24, 2.45) is 0 Å². The predicted octanol–water partition coefficient (Wildman–Crippen LogP) is 6.20. The molecule has 4 amide bonds. The van der Waals surface area contributed by atoms with Crippen LogP contribution in [0, 0.1) is 9.39 Å². The zero-order valence-corrected chi connectivity index (χ0v) is 22.5. The molecule has 1 fully saturated rings. The maximum atomic E-state index is 13.6. The van der Waals surface area contributed by atoms with Gasteiger partial charge in [0, 0.05) is 3.57 Å². The lowest BCUT2D eigenvalue weighted by molar-refractivity contribution is -0.122. The molecule has 0 saturated carbocycles. The Labute approximate surface area is 224 Å². The van der Waals surface area contributed by atoms with Crippen molar-refractivity contribution in [3.63, 3.8) is 0 Å². The van der Waals surface area contributed by atoms with Crippen molar-refractivity contribution >= 4 is 84.1 Å². The molecule has 1 aliphatic rings. The van der Waals surface area contributed by atoms with E-state index < -0.39 is 23.7 Å². The lowest BCUT2D eigenvalue weighted by Crippen LogP contribution is -2.54. The van der Waals surface area contributed by atoms with E-state index in [1.54, 1.807) is 12.1 Å². The van der Waals surface area contributed by atoms with E-state index >= 15 is 0 Å². The minimum Gasteiger partial charge on any atom is -0.487 e. The zero-order chi connectivity index (χ0) is 24.4. The number of carbonyl (C=O) groups excluding carboxylic acids is 3. The van der Waals surface area contributed by atoms with E-state index in [1.807, 2.05) is 24.3 Å². The molecule has 1 saturated heterocycles. The molecule has 1 aliphatic heterocycles. The summed E-state index contributed by atoms with van der Waals surface area (Å²) in [6.45, 7) is 0.347. The number of rotatable bonds is 5. The van der Waals surface area contributed by atoms with Crippen molar-refractivity contribution in [3.8, 4) is 5.75 Å². The summed E-state index contributed by atoms with van der Waals surface area (Å²) in [6.07, 6.45) is 1.36. The van der Waals surface area contributed by atoms with E-state index in [2.05, 4.69) is 59.8 Å². The first-order valence-corrected chi connectivity index (χ1v) is 12.4. The number of hydrogen-bond acceptors (Lipinski definition) is 4. The van der Waals surface area contributed by atoms with Gasteiger partial charge >= 0.3 is 6.03 Å². The second-order valence-electron chi connectivity index (χ2n) is 7.17. The van der Waals surface area contributed by atoms with E-state index in [4.69, 9.17) is 4.74 Å². The van der Waals surface area contributed by atoms with Gasteiger partial charge in [-0.05, 0) is 114 Å². The first-order valence-electron chi connectivity index (χ1n) is 9.76. The number of benzene rings is 3. The molecule has 172 valence electrons. The molecule has 3 aromatic carbocycles. The molecular formula is C24H14Br2FIN2O4. The second-order valence-corrected chi connectivity index (χ2v) is 10.1. The average Bonchev–Trinajstić information content (AvgIpc) is 2.77. The van der Waals surface area contributed by atoms with Crippen molar-refractivity contribution in [1.82, 2.24) is 5.32 Å². The first-order chi connectivity index (χ1) is 16.2. The monoisotopic (exact) mass is 698 g/mol. The number of nitrogens with zero attached hydrogens (tertiary/aromatic N) is 1. The molecule has 0 radical (unpaired) electrons. The summed E-state index contributed by atoms with van der Waals surface area (Å²) in [5.74, 6) is -1.76. The van der Waals surface area contributed by atoms with Crippen LogP contribution in [0.25, 0.3) is 6.08 Å². The lowest BCUT2D eigenvalue weighted by Gasteiger charge is -2.26. The fourth-order valence-corrected chi connectivity index (χ4v) is 5.02. The molecule has 0 aromatic heterocycles. The highest BCUT2D eigenvalue weighted by atomic mass is 127. The molecule has 0 unspecified atom stereocenters. The van der Waals surface area contributed by atoms with Crippen molar-refractivity contribution in [3.05, 3.63) is 95.7 Å². The predicted molar refractivity (Wildman–Crippen MR) is 141 cm³/mol. The van der Waals surface area contributed by atoms with Crippen LogP contribution in [-0.4, -0.2) is 17.8 Å². The van der Waals surface area contributed by atoms with E-state index in [-0.39, 0.29) is 11.3 Å². The van der Waals surface area contributed by atoms with E-state index in [1.165, 1.54) is 24.3 Å². The Morgan fingerprint density at radius 2 is 1.68 bits per heavy atom. The van der Waals surface area contributed by atoms with Crippen molar-refractivity contribution in [2.45, 2.75) is 6.61 Å². The van der Waals surface area contributed by atoms with Crippen LogP contribution in [0.1, 0.15) is 11.1 Å². The Hall–Kier alpha value is -2.57. The van der Waals surface area contributed by atoms with Gasteiger partial charge in [0.15, 0.2) is 0 Å². The number of carbonyl (C=O) groups is 3. The smallest absolute Gasteiger partial charge is 0.335 e. The third-order valence-corrected chi connectivity index (χ3v) is 6.69. The maximum Gasteiger partial charge on any atom is 0.335 e. The van der Waals surface area contributed by atoms with Crippen LogP contribution in [0.4, 0.5) is 14.9 Å². The van der Waals surface area contributed by atoms with E-state index in [9.17, 15) is 18.8 Å². The van der Waals surface area contributed by atoms with Gasteiger partial charge in [-0.25, -0.2) is 14.1 Å². The number of barbiturate groups is 1. The molecule has 0 aliphatic carbocycles. The van der Waals surface area contributed by atoms with Gasteiger partial charge in [-0.3, -0.25) is 14.9 Å². The summed E-state index contributed by atoms with van der Waals surface area (Å²) in [4.78, 5) is 38.4. The lowest BCUT2D eigenvalue weighted by atomic mass is 10.1. The summed E-state index contributed by atoms with van der Waals surface area (Å²) in [6, 6.07) is 15.4. The van der Waals surface area contributed by atoms with Gasteiger partial charge in [-0.15, -0.1) is 0 Å². The Balaban J connectivity index is 1.60. The number of anilines is 1. The summed E-state index contributed by atoms with van der Waals surface area (Å²) < 4.78 is 21.9. The van der Waals surface area contributed by atoms with Crippen molar-refractivity contribution in [1.29, 1.82) is 0 Å². The highest BCUT2D eigenvalue weighted by molar-refractivity contribution is 14.1. The number of hydrogen-bond donors (Lipinski definition) is 1. The Morgan fingerprint density at radius 3 is 2.32 bits per heavy atom. The Morgan fingerprint density at radius 1 is 1.00 bits per heavy atom. The summed E-state index contributed by atoms with van der Waals surface area (Å²) in [5.41, 5.74) is 1.25. The molecule has 0 bridgehead atoms. The quantitative estimate of drug-likeness (QED) is 0.196. The molecule has 1 heterocycles. The SMILES string of the molecule is O=C1NC(=O)N(c2cccc(F)c2)C(=O)/C1=C/c1cc(Br)c(OCc2ccc(I)cc2)c(Br)c1. The third kappa shape index (κ3) is 5.39. The molecule has 0 atom stereocenters. The van der Waals surface area contributed by atoms with Gasteiger partial charge in [-0.1, -0.05) is 18.2 Å². The van der Waals surface area contributed by atoms with Crippen LogP contribution in [-0.2, 0) is 16.2 Å². The molecule has 3 aromatic rings.